The Labute approximate surface area is 148 Å². The molecular formula is C20H24N2O3. The SMILES string of the molecule is O=C(NCC1(CO)CCOCC1)c1ccccc1Nc1ccccc1. The Balaban J connectivity index is 1.69. The van der Waals surface area contributed by atoms with Crippen LogP contribution in [-0.4, -0.2) is 37.4 Å². The minimum Gasteiger partial charge on any atom is -0.396 e. The van der Waals surface area contributed by atoms with E-state index in [2.05, 4.69) is 10.6 Å². The number of hydrogen-bond donors (Lipinski definition) is 3. The molecule has 0 aliphatic carbocycles. The van der Waals surface area contributed by atoms with E-state index in [1.54, 1.807) is 6.07 Å². The largest absolute Gasteiger partial charge is 0.396 e. The zero-order valence-corrected chi connectivity index (χ0v) is 14.2. The number of amides is 1. The Morgan fingerprint density at radius 3 is 2.44 bits per heavy atom. The van der Waals surface area contributed by atoms with E-state index in [0.29, 0.717) is 25.3 Å². The number of anilines is 2. The second-order valence-corrected chi connectivity index (χ2v) is 6.49. The number of benzene rings is 2. The summed E-state index contributed by atoms with van der Waals surface area (Å²) >= 11 is 0. The molecule has 3 N–H and O–H groups in total. The molecule has 25 heavy (non-hydrogen) atoms. The average molecular weight is 340 g/mol. The molecule has 1 fully saturated rings. The number of carbonyl (C=O) groups excluding carboxylic acids is 1. The van der Waals surface area contributed by atoms with Crippen molar-refractivity contribution in [2.75, 3.05) is 31.7 Å². The van der Waals surface area contributed by atoms with Gasteiger partial charge >= 0.3 is 0 Å². The molecule has 0 bridgehead atoms. The summed E-state index contributed by atoms with van der Waals surface area (Å²) in [6, 6.07) is 17.2. The van der Waals surface area contributed by atoms with Gasteiger partial charge in [0.05, 0.1) is 17.9 Å². The van der Waals surface area contributed by atoms with E-state index in [1.165, 1.54) is 0 Å². The molecule has 1 aliphatic heterocycles. The van der Waals surface area contributed by atoms with E-state index in [1.807, 2.05) is 48.5 Å². The topological polar surface area (TPSA) is 70.6 Å². The Bertz CT molecular complexity index is 697. The Morgan fingerprint density at radius 2 is 1.72 bits per heavy atom. The maximum atomic E-state index is 12.7. The maximum absolute atomic E-state index is 12.7. The summed E-state index contributed by atoms with van der Waals surface area (Å²) in [4.78, 5) is 12.7. The molecule has 0 spiro atoms. The van der Waals surface area contributed by atoms with Crippen LogP contribution in [-0.2, 0) is 4.74 Å². The fraction of sp³-hybridized carbons (Fsp3) is 0.350. The van der Waals surface area contributed by atoms with Gasteiger partial charge in [-0.1, -0.05) is 30.3 Å². The first-order valence-electron chi connectivity index (χ1n) is 8.60. The number of para-hydroxylation sites is 2. The first-order valence-corrected chi connectivity index (χ1v) is 8.60. The van der Waals surface area contributed by atoms with Crippen molar-refractivity contribution < 1.29 is 14.6 Å². The van der Waals surface area contributed by atoms with Gasteiger partial charge in [0.25, 0.3) is 5.91 Å². The monoisotopic (exact) mass is 340 g/mol. The van der Waals surface area contributed by atoms with Crippen LogP contribution < -0.4 is 10.6 Å². The van der Waals surface area contributed by atoms with Crippen LogP contribution in [0.4, 0.5) is 11.4 Å². The fourth-order valence-corrected chi connectivity index (χ4v) is 3.03. The van der Waals surface area contributed by atoms with E-state index in [4.69, 9.17) is 4.74 Å². The van der Waals surface area contributed by atoms with Crippen molar-refractivity contribution in [1.29, 1.82) is 0 Å². The predicted molar refractivity (Wildman–Crippen MR) is 98.1 cm³/mol. The lowest BCUT2D eigenvalue weighted by Crippen LogP contribution is -2.43. The maximum Gasteiger partial charge on any atom is 0.253 e. The van der Waals surface area contributed by atoms with E-state index in [0.717, 1.165) is 24.2 Å². The van der Waals surface area contributed by atoms with Crippen molar-refractivity contribution in [1.82, 2.24) is 5.32 Å². The Hall–Kier alpha value is -2.37. The highest BCUT2D eigenvalue weighted by atomic mass is 16.5. The number of rotatable bonds is 6. The lowest BCUT2D eigenvalue weighted by atomic mass is 9.81. The van der Waals surface area contributed by atoms with Gasteiger partial charge in [0, 0.05) is 30.9 Å². The average Bonchev–Trinajstić information content (AvgIpc) is 2.68. The third-order valence-corrected chi connectivity index (χ3v) is 4.74. The Kier molecular flexibility index (Phi) is 5.68. The minimum absolute atomic E-state index is 0.0561. The first-order chi connectivity index (χ1) is 12.2. The van der Waals surface area contributed by atoms with Gasteiger partial charge in [0.15, 0.2) is 0 Å². The third kappa shape index (κ3) is 4.38. The molecule has 2 aromatic rings. The molecule has 2 aromatic carbocycles. The lowest BCUT2D eigenvalue weighted by molar-refractivity contribution is -0.0146. The van der Waals surface area contributed by atoms with Gasteiger partial charge in [0.1, 0.15) is 0 Å². The predicted octanol–water partition coefficient (Wildman–Crippen LogP) is 2.95. The second-order valence-electron chi connectivity index (χ2n) is 6.49. The number of nitrogens with one attached hydrogen (secondary N) is 2. The molecule has 1 amide bonds. The summed E-state index contributed by atoms with van der Waals surface area (Å²) in [5.41, 5.74) is 2.00. The molecule has 5 heteroatoms. The van der Waals surface area contributed by atoms with Gasteiger partial charge in [0.2, 0.25) is 0 Å². The molecule has 1 aliphatic rings. The fourth-order valence-electron chi connectivity index (χ4n) is 3.03. The molecule has 132 valence electrons. The van der Waals surface area contributed by atoms with E-state index in [-0.39, 0.29) is 17.9 Å². The number of hydrogen-bond acceptors (Lipinski definition) is 4. The highest BCUT2D eigenvalue weighted by Crippen LogP contribution is 2.29. The van der Waals surface area contributed by atoms with E-state index >= 15 is 0 Å². The van der Waals surface area contributed by atoms with Crippen LogP contribution in [0.3, 0.4) is 0 Å². The zero-order chi connectivity index (χ0) is 17.5. The van der Waals surface area contributed by atoms with Crippen molar-refractivity contribution in [3.05, 3.63) is 60.2 Å². The minimum atomic E-state index is -0.282. The second kappa shape index (κ2) is 8.14. The van der Waals surface area contributed by atoms with Crippen LogP contribution in [0.1, 0.15) is 23.2 Å². The summed E-state index contributed by atoms with van der Waals surface area (Å²) in [5, 5.41) is 16.0. The van der Waals surface area contributed by atoms with Gasteiger partial charge in [-0.2, -0.15) is 0 Å². The molecule has 0 radical (unpaired) electrons. The van der Waals surface area contributed by atoms with E-state index < -0.39 is 0 Å². The molecule has 0 aromatic heterocycles. The van der Waals surface area contributed by atoms with Crippen LogP contribution in [0, 0.1) is 5.41 Å². The van der Waals surface area contributed by atoms with Crippen molar-refractivity contribution in [2.45, 2.75) is 12.8 Å². The zero-order valence-electron chi connectivity index (χ0n) is 14.2. The number of aliphatic hydroxyl groups excluding tert-OH is 1. The van der Waals surface area contributed by atoms with Gasteiger partial charge in [-0.3, -0.25) is 4.79 Å². The molecule has 0 saturated carbocycles. The normalized spacial score (nSPS) is 16.2. The molecule has 5 nitrogen and oxygen atoms in total. The van der Waals surface area contributed by atoms with Crippen LogP contribution in [0.25, 0.3) is 0 Å². The van der Waals surface area contributed by atoms with Crippen molar-refractivity contribution in [3.63, 3.8) is 0 Å². The smallest absolute Gasteiger partial charge is 0.253 e. The third-order valence-electron chi connectivity index (χ3n) is 4.74. The quantitative estimate of drug-likeness (QED) is 0.756. The summed E-state index contributed by atoms with van der Waals surface area (Å²) in [7, 11) is 0. The number of carbonyl (C=O) groups is 1. The first kappa shape index (κ1) is 17.5. The van der Waals surface area contributed by atoms with Crippen molar-refractivity contribution in [2.24, 2.45) is 5.41 Å². The van der Waals surface area contributed by atoms with Crippen LogP contribution in [0.5, 0.6) is 0 Å². The van der Waals surface area contributed by atoms with Crippen molar-refractivity contribution in [3.8, 4) is 0 Å². The summed E-state index contributed by atoms with van der Waals surface area (Å²) < 4.78 is 5.37. The summed E-state index contributed by atoms with van der Waals surface area (Å²) in [5.74, 6) is -0.140. The van der Waals surface area contributed by atoms with Gasteiger partial charge in [-0.25, -0.2) is 0 Å². The van der Waals surface area contributed by atoms with E-state index in [9.17, 15) is 9.90 Å². The highest BCUT2D eigenvalue weighted by molar-refractivity contribution is 6.00. The molecule has 0 atom stereocenters. The molecule has 3 rings (SSSR count). The van der Waals surface area contributed by atoms with Crippen LogP contribution in [0.2, 0.25) is 0 Å². The van der Waals surface area contributed by atoms with Gasteiger partial charge < -0.3 is 20.5 Å². The van der Waals surface area contributed by atoms with Gasteiger partial charge in [-0.05, 0) is 37.1 Å². The molecule has 1 heterocycles. The number of ether oxygens (including phenoxy) is 1. The highest BCUT2D eigenvalue weighted by Gasteiger charge is 2.32. The molecule has 1 saturated heterocycles. The number of aliphatic hydroxyl groups is 1. The lowest BCUT2D eigenvalue weighted by Gasteiger charge is -2.35. The molecule has 0 unspecified atom stereocenters. The standard InChI is InChI=1S/C20H24N2O3/c23-15-20(10-12-25-13-11-20)14-21-19(24)17-8-4-5-9-18(17)22-16-6-2-1-3-7-16/h1-9,22-23H,10-15H2,(H,21,24). The summed E-state index contributed by atoms with van der Waals surface area (Å²) in [6.45, 7) is 1.76. The summed E-state index contributed by atoms with van der Waals surface area (Å²) in [6.07, 6.45) is 1.52. The van der Waals surface area contributed by atoms with Crippen LogP contribution >= 0.6 is 0 Å². The van der Waals surface area contributed by atoms with Gasteiger partial charge in [-0.15, -0.1) is 0 Å². The molecular weight excluding hydrogens is 316 g/mol. The van der Waals surface area contributed by atoms with Crippen molar-refractivity contribution >= 4 is 17.3 Å². The van der Waals surface area contributed by atoms with Crippen LogP contribution in [0.15, 0.2) is 54.6 Å². The Morgan fingerprint density at radius 1 is 1.04 bits per heavy atom.